The molecule has 2 rings (SSSR count). The van der Waals surface area contributed by atoms with E-state index in [0.717, 1.165) is 0 Å². The Hall–Kier alpha value is -2.63. The van der Waals surface area contributed by atoms with Gasteiger partial charge in [0.05, 0.1) is 12.2 Å². The zero-order chi connectivity index (χ0) is 18.1. The minimum absolute atomic E-state index is 0.118. The second-order valence-corrected chi connectivity index (χ2v) is 5.50. The highest BCUT2D eigenvalue weighted by Crippen LogP contribution is 2.25. The Balaban J connectivity index is 1.72. The maximum absolute atomic E-state index is 13.7. The molecule has 6 heteroatoms. The van der Waals surface area contributed by atoms with E-state index in [1.54, 1.807) is 37.3 Å². The third-order valence-electron chi connectivity index (χ3n) is 3.58. The number of benzene rings is 1. The van der Waals surface area contributed by atoms with Gasteiger partial charge in [-0.2, -0.15) is 0 Å². The van der Waals surface area contributed by atoms with Crippen molar-refractivity contribution in [2.75, 3.05) is 13.2 Å². The molecule has 0 saturated heterocycles. The van der Waals surface area contributed by atoms with Crippen molar-refractivity contribution in [3.05, 3.63) is 48.0 Å². The summed E-state index contributed by atoms with van der Waals surface area (Å²) in [5, 5.41) is 2.75. The second-order valence-electron chi connectivity index (χ2n) is 5.50. The third-order valence-corrected chi connectivity index (χ3v) is 3.58. The van der Waals surface area contributed by atoms with Gasteiger partial charge in [0.1, 0.15) is 17.3 Å². The average molecular weight is 347 g/mol. The van der Waals surface area contributed by atoms with Gasteiger partial charge in [-0.15, -0.1) is 0 Å². The maximum atomic E-state index is 13.7. The highest BCUT2D eigenvalue weighted by atomic mass is 19.1. The highest BCUT2D eigenvalue weighted by molar-refractivity contribution is 5.76. The Morgan fingerprint density at radius 3 is 2.72 bits per heavy atom. The van der Waals surface area contributed by atoms with Crippen molar-refractivity contribution < 1.29 is 23.1 Å². The Labute approximate surface area is 146 Å². The first-order valence-corrected chi connectivity index (χ1v) is 8.36. The van der Waals surface area contributed by atoms with E-state index in [9.17, 15) is 14.0 Å². The molecule has 0 unspecified atom stereocenters. The Kier molecular flexibility index (Phi) is 7.19. The zero-order valence-corrected chi connectivity index (χ0v) is 14.2. The van der Waals surface area contributed by atoms with E-state index in [1.807, 2.05) is 0 Å². The summed E-state index contributed by atoms with van der Waals surface area (Å²) in [7, 11) is 0. The van der Waals surface area contributed by atoms with Crippen LogP contribution in [0, 0.1) is 5.82 Å². The summed E-state index contributed by atoms with van der Waals surface area (Å²) >= 11 is 0. The number of nitrogens with one attached hydrogen (secondary N) is 1. The second kappa shape index (κ2) is 9.61. The number of amides is 1. The van der Waals surface area contributed by atoms with Gasteiger partial charge in [0.15, 0.2) is 0 Å². The molecule has 0 radical (unpaired) electrons. The number of ether oxygens (including phenoxy) is 1. The smallest absolute Gasteiger partial charge is 0.305 e. The van der Waals surface area contributed by atoms with E-state index in [2.05, 4.69) is 5.32 Å². The fraction of sp³-hybridized carbons (Fsp3) is 0.368. The summed E-state index contributed by atoms with van der Waals surface area (Å²) in [5.41, 5.74) is 0.400. The molecule has 5 nitrogen and oxygen atoms in total. The minimum atomic E-state index is -0.345. The van der Waals surface area contributed by atoms with Gasteiger partial charge in [-0.05, 0) is 37.6 Å². The van der Waals surface area contributed by atoms with Crippen molar-refractivity contribution in [2.24, 2.45) is 0 Å². The summed E-state index contributed by atoms with van der Waals surface area (Å²) in [5.74, 6) is 0.353. The van der Waals surface area contributed by atoms with Crippen LogP contribution >= 0.6 is 0 Å². The molecule has 2 aromatic rings. The summed E-state index contributed by atoms with van der Waals surface area (Å²) in [4.78, 5) is 23.0. The molecule has 1 amide bonds. The number of rotatable bonds is 9. The lowest BCUT2D eigenvalue weighted by molar-refractivity contribution is -0.143. The van der Waals surface area contributed by atoms with Crippen molar-refractivity contribution in [1.29, 1.82) is 0 Å². The normalized spacial score (nSPS) is 10.5. The lowest BCUT2D eigenvalue weighted by atomic mass is 10.1. The van der Waals surface area contributed by atoms with Crippen LogP contribution in [0.2, 0.25) is 0 Å². The van der Waals surface area contributed by atoms with Crippen LogP contribution in [0.15, 0.2) is 40.8 Å². The molecule has 0 atom stereocenters. The summed E-state index contributed by atoms with van der Waals surface area (Å²) in [6.45, 7) is 2.55. The summed E-state index contributed by atoms with van der Waals surface area (Å²) in [6, 6.07) is 9.83. The van der Waals surface area contributed by atoms with E-state index in [0.29, 0.717) is 43.1 Å². The van der Waals surface area contributed by atoms with Crippen molar-refractivity contribution in [1.82, 2.24) is 5.32 Å². The maximum Gasteiger partial charge on any atom is 0.305 e. The van der Waals surface area contributed by atoms with Gasteiger partial charge in [0.2, 0.25) is 5.91 Å². The van der Waals surface area contributed by atoms with E-state index in [-0.39, 0.29) is 30.5 Å². The third kappa shape index (κ3) is 6.06. The molecule has 1 heterocycles. The number of aryl methyl sites for hydroxylation is 1. The molecule has 0 aliphatic carbocycles. The molecule has 0 aliphatic rings. The van der Waals surface area contributed by atoms with E-state index in [4.69, 9.17) is 9.15 Å². The first kappa shape index (κ1) is 18.7. The van der Waals surface area contributed by atoms with Gasteiger partial charge in [-0.1, -0.05) is 12.1 Å². The van der Waals surface area contributed by atoms with Crippen LogP contribution in [-0.4, -0.2) is 25.0 Å². The lowest BCUT2D eigenvalue weighted by Gasteiger charge is -2.04. The average Bonchev–Trinajstić information content (AvgIpc) is 3.06. The summed E-state index contributed by atoms with van der Waals surface area (Å²) in [6.07, 6.45) is 1.53. The Bertz CT molecular complexity index is 711. The number of hydrogen-bond donors (Lipinski definition) is 1. The zero-order valence-electron chi connectivity index (χ0n) is 14.2. The van der Waals surface area contributed by atoms with Crippen LogP contribution in [-0.2, 0) is 20.7 Å². The molecule has 25 heavy (non-hydrogen) atoms. The number of esters is 1. The highest BCUT2D eigenvalue weighted by Gasteiger charge is 2.10. The van der Waals surface area contributed by atoms with Gasteiger partial charge in [-0.25, -0.2) is 4.39 Å². The van der Waals surface area contributed by atoms with Crippen molar-refractivity contribution >= 4 is 11.9 Å². The summed E-state index contributed by atoms with van der Waals surface area (Å²) < 4.78 is 24.1. The van der Waals surface area contributed by atoms with Gasteiger partial charge in [0.25, 0.3) is 0 Å². The number of carbonyl (C=O) groups excluding carboxylic acids is 2. The number of hydrogen-bond acceptors (Lipinski definition) is 4. The monoisotopic (exact) mass is 347 g/mol. The van der Waals surface area contributed by atoms with Gasteiger partial charge >= 0.3 is 5.97 Å². The predicted molar refractivity (Wildman–Crippen MR) is 91.3 cm³/mol. The molecular formula is C19H22FNO4. The van der Waals surface area contributed by atoms with Crippen LogP contribution in [0.5, 0.6) is 0 Å². The minimum Gasteiger partial charge on any atom is -0.466 e. The van der Waals surface area contributed by atoms with E-state index < -0.39 is 0 Å². The SMILES string of the molecule is CCOC(=O)CCCNC(=O)CCc1ccc(-c2ccccc2F)o1. The number of halogens is 1. The van der Waals surface area contributed by atoms with E-state index >= 15 is 0 Å². The Morgan fingerprint density at radius 1 is 1.16 bits per heavy atom. The number of carbonyl (C=O) groups is 2. The van der Waals surface area contributed by atoms with Crippen LogP contribution < -0.4 is 5.32 Å². The molecule has 1 aromatic carbocycles. The number of furan rings is 1. The fourth-order valence-electron chi connectivity index (χ4n) is 2.34. The molecule has 0 spiro atoms. The van der Waals surface area contributed by atoms with Crippen LogP contribution in [0.3, 0.4) is 0 Å². The fourth-order valence-corrected chi connectivity index (χ4v) is 2.34. The lowest BCUT2D eigenvalue weighted by Crippen LogP contribution is -2.25. The largest absolute Gasteiger partial charge is 0.466 e. The topological polar surface area (TPSA) is 68.5 Å². The quantitative estimate of drug-likeness (QED) is 0.557. The molecule has 1 aromatic heterocycles. The molecule has 0 aliphatic heterocycles. The van der Waals surface area contributed by atoms with Crippen molar-refractivity contribution in [3.8, 4) is 11.3 Å². The van der Waals surface area contributed by atoms with Crippen LogP contribution in [0.25, 0.3) is 11.3 Å². The van der Waals surface area contributed by atoms with Crippen molar-refractivity contribution in [3.63, 3.8) is 0 Å². The van der Waals surface area contributed by atoms with Crippen molar-refractivity contribution in [2.45, 2.75) is 32.6 Å². The van der Waals surface area contributed by atoms with Crippen LogP contribution in [0.1, 0.15) is 31.9 Å². The van der Waals surface area contributed by atoms with Gasteiger partial charge in [0, 0.05) is 25.8 Å². The molecule has 0 saturated carbocycles. The standard InChI is InChI=1S/C19H22FNO4/c1-2-24-19(23)8-5-13-21-18(22)12-10-14-9-11-17(25-14)15-6-3-4-7-16(15)20/h3-4,6-7,9,11H,2,5,8,10,12-13H2,1H3,(H,21,22). The first-order chi connectivity index (χ1) is 12.1. The van der Waals surface area contributed by atoms with E-state index in [1.165, 1.54) is 6.07 Å². The Morgan fingerprint density at radius 2 is 1.96 bits per heavy atom. The van der Waals surface area contributed by atoms with Crippen LogP contribution in [0.4, 0.5) is 4.39 Å². The predicted octanol–water partition coefficient (Wildman–Crippen LogP) is 3.48. The molecular weight excluding hydrogens is 325 g/mol. The molecule has 0 fully saturated rings. The molecule has 134 valence electrons. The van der Waals surface area contributed by atoms with Gasteiger partial charge < -0.3 is 14.5 Å². The molecule has 0 bridgehead atoms. The first-order valence-electron chi connectivity index (χ1n) is 8.36. The van der Waals surface area contributed by atoms with Gasteiger partial charge in [-0.3, -0.25) is 9.59 Å². The molecule has 1 N–H and O–H groups in total.